The number of aliphatic carboxylic acids is 1. The Kier molecular flexibility index (Phi) is 4.87. The van der Waals surface area contributed by atoms with Gasteiger partial charge in [0.1, 0.15) is 23.5 Å². The van der Waals surface area contributed by atoms with Crippen molar-refractivity contribution in [1.29, 1.82) is 0 Å². The van der Waals surface area contributed by atoms with E-state index in [0.717, 1.165) is 0 Å². The van der Waals surface area contributed by atoms with E-state index in [9.17, 15) is 22.8 Å². The van der Waals surface area contributed by atoms with Gasteiger partial charge in [0.2, 0.25) is 5.91 Å². The molecule has 0 aliphatic rings. The Bertz CT molecular complexity index is 484. The van der Waals surface area contributed by atoms with Crippen LogP contribution in [0, 0.1) is 17.5 Å². The van der Waals surface area contributed by atoms with Crippen molar-refractivity contribution < 1.29 is 33.0 Å². The number of benzene rings is 1. The number of rotatable bonds is 5. The van der Waals surface area contributed by atoms with Gasteiger partial charge in [-0.1, -0.05) is 0 Å². The summed E-state index contributed by atoms with van der Waals surface area (Å²) in [5.41, 5.74) is -0.680. The highest BCUT2D eigenvalue weighted by Gasteiger charge is 2.21. The highest BCUT2D eigenvalue weighted by atomic mass is 19.1. The van der Waals surface area contributed by atoms with E-state index in [1.807, 2.05) is 5.32 Å². The second-order valence-corrected chi connectivity index (χ2v) is 3.67. The lowest BCUT2D eigenvalue weighted by molar-refractivity contribution is -0.142. The minimum absolute atomic E-state index is 0.409. The average Bonchev–Trinajstić information content (AvgIpc) is 2.30. The average molecular weight is 277 g/mol. The van der Waals surface area contributed by atoms with Crippen molar-refractivity contribution >= 4 is 11.9 Å². The number of aliphatic hydroxyl groups excluding tert-OH is 1. The van der Waals surface area contributed by atoms with E-state index < -0.39 is 54.0 Å². The molecule has 5 nitrogen and oxygen atoms in total. The zero-order chi connectivity index (χ0) is 14.6. The van der Waals surface area contributed by atoms with Gasteiger partial charge >= 0.3 is 5.97 Å². The third kappa shape index (κ3) is 3.95. The van der Waals surface area contributed by atoms with Gasteiger partial charge in [0.15, 0.2) is 0 Å². The molecular formula is C11H10F3NO4. The van der Waals surface area contributed by atoms with E-state index in [4.69, 9.17) is 10.2 Å². The van der Waals surface area contributed by atoms with Crippen LogP contribution in [0.1, 0.15) is 5.56 Å². The van der Waals surface area contributed by atoms with Crippen molar-refractivity contribution in [2.24, 2.45) is 0 Å². The highest BCUT2D eigenvalue weighted by molar-refractivity contribution is 5.84. The molecule has 0 aliphatic carbocycles. The monoisotopic (exact) mass is 277 g/mol. The van der Waals surface area contributed by atoms with Gasteiger partial charge in [-0.05, 0) is 0 Å². The summed E-state index contributed by atoms with van der Waals surface area (Å²) in [6.07, 6.45) is -0.804. The summed E-state index contributed by atoms with van der Waals surface area (Å²) in [6.45, 7) is -0.866. The molecule has 0 saturated carbocycles. The standard InChI is InChI=1S/C11H10F3NO4/c12-5-1-7(13)6(8(14)2-5)3-10(17)15-9(4-16)11(18)19/h1-2,9,16H,3-4H2,(H,15,17)(H,18,19). The zero-order valence-electron chi connectivity index (χ0n) is 9.49. The molecule has 1 unspecified atom stereocenters. The summed E-state index contributed by atoms with van der Waals surface area (Å²) in [7, 11) is 0. The predicted molar refractivity (Wildman–Crippen MR) is 56.7 cm³/mol. The smallest absolute Gasteiger partial charge is 0.328 e. The lowest BCUT2D eigenvalue weighted by Crippen LogP contribution is -2.44. The molecule has 0 aromatic heterocycles. The van der Waals surface area contributed by atoms with E-state index in [2.05, 4.69) is 0 Å². The number of halogens is 3. The lowest BCUT2D eigenvalue weighted by atomic mass is 10.1. The van der Waals surface area contributed by atoms with Gasteiger partial charge < -0.3 is 15.5 Å². The van der Waals surface area contributed by atoms with Crippen LogP contribution in [0.5, 0.6) is 0 Å². The van der Waals surface area contributed by atoms with E-state index in [0.29, 0.717) is 12.1 Å². The Morgan fingerprint density at radius 3 is 2.16 bits per heavy atom. The van der Waals surface area contributed by atoms with Crippen LogP contribution < -0.4 is 5.32 Å². The van der Waals surface area contributed by atoms with Crippen LogP contribution in [0.15, 0.2) is 12.1 Å². The van der Waals surface area contributed by atoms with Gasteiger partial charge in [-0.15, -0.1) is 0 Å². The second-order valence-electron chi connectivity index (χ2n) is 3.67. The van der Waals surface area contributed by atoms with Gasteiger partial charge in [-0.3, -0.25) is 4.79 Å². The van der Waals surface area contributed by atoms with Crippen LogP contribution >= 0.6 is 0 Å². The van der Waals surface area contributed by atoms with Crippen molar-refractivity contribution in [3.05, 3.63) is 35.1 Å². The molecule has 0 fully saturated rings. The first-order chi connectivity index (χ1) is 8.85. The van der Waals surface area contributed by atoms with Gasteiger partial charge in [-0.25, -0.2) is 18.0 Å². The number of carboxylic acids is 1. The maximum atomic E-state index is 13.2. The van der Waals surface area contributed by atoms with E-state index in [-0.39, 0.29) is 0 Å². The number of hydrogen-bond acceptors (Lipinski definition) is 3. The quantitative estimate of drug-likeness (QED) is 0.718. The molecule has 1 aromatic rings. The summed E-state index contributed by atoms with van der Waals surface area (Å²) in [6, 6.07) is -0.752. The maximum Gasteiger partial charge on any atom is 0.328 e. The summed E-state index contributed by atoms with van der Waals surface area (Å²) in [5.74, 6) is -6.12. The molecule has 1 aromatic carbocycles. The van der Waals surface area contributed by atoms with Crippen molar-refractivity contribution in [1.82, 2.24) is 5.32 Å². The molecule has 1 rings (SSSR count). The van der Waals surface area contributed by atoms with Crippen LogP contribution in [0.3, 0.4) is 0 Å². The molecule has 0 saturated heterocycles. The molecule has 0 spiro atoms. The normalized spacial score (nSPS) is 12.0. The maximum absolute atomic E-state index is 13.2. The van der Waals surface area contributed by atoms with Crippen molar-refractivity contribution in [2.75, 3.05) is 6.61 Å². The Labute approximate surface area is 105 Å². The first kappa shape index (κ1) is 15.0. The van der Waals surface area contributed by atoms with E-state index >= 15 is 0 Å². The van der Waals surface area contributed by atoms with Crippen LogP contribution in [0.4, 0.5) is 13.2 Å². The summed E-state index contributed by atoms with van der Waals surface area (Å²) in [4.78, 5) is 21.9. The molecule has 19 heavy (non-hydrogen) atoms. The molecule has 0 radical (unpaired) electrons. The van der Waals surface area contributed by atoms with Crippen LogP contribution in [-0.4, -0.2) is 34.7 Å². The largest absolute Gasteiger partial charge is 0.480 e. The molecule has 3 N–H and O–H groups in total. The fraction of sp³-hybridized carbons (Fsp3) is 0.273. The zero-order valence-corrected chi connectivity index (χ0v) is 9.49. The lowest BCUT2D eigenvalue weighted by Gasteiger charge is -2.12. The van der Waals surface area contributed by atoms with E-state index in [1.165, 1.54) is 0 Å². The SMILES string of the molecule is O=C(Cc1c(F)cc(F)cc1F)NC(CO)C(=O)O. The van der Waals surface area contributed by atoms with E-state index in [1.54, 1.807) is 0 Å². The first-order valence-electron chi connectivity index (χ1n) is 5.11. The third-order valence-electron chi connectivity index (χ3n) is 2.26. The topological polar surface area (TPSA) is 86.6 Å². The van der Waals surface area contributed by atoms with Crippen molar-refractivity contribution in [3.63, 3.8) is 0 Å². The summed E-state index contributed by atoms with van der Waals surface area (Å²) >= 11 is 0. The minimum Gasteiger partial charge on any atom is -0.480 e. The molecule has 0 bridgehead atoms. The number of nitrogens with one attached hydrogen (secondary N) is 1. The van der Waals surface area contributed by atoms with Gasteiger partial charge in [0.05, 0.1) is 13.0 Å². The Morgan fingerprint density at radius 1 is 1.21 bits per heavy atom. The van der Waals surface area contributed by atoms with Gasteiger partial charge in [0.25, 0.3) is 0 Å². The Balaban J connectivity index is 2.80. The third-order valence-corrected chi connectivity index (χ3v) is 2.26. The molecular weight excluding hydrogens is 267 g/mol. The summed E-state index contributed by atoms with van der Waals surface area (Å²) < 4.78 is 39.1. The van der Waals surface area contributed by atoms with Crippen LogP contribution in [0.25, 0.3) is 0 Å². The van der Waals surface area contributed by atoms with Gasteiger partial charge in [-0.2, -0.15) is 0 Å². The predicted octanol–water partition coefficient (Wildman–Crippen LogP) is 0.208. The number of carboxylic acid groups (broad SMARTS) is 1. The van der Waals surface area contributed by atoms with Crippen LogP contribution in [-0.2, 0) is 16.0 Å². The number of aliphatic hydroxyl groups is 1. The first-order valence-corrected chi connectivity index (χ1v) is 5.11. The molecule has 1 amide bonds. The Morgan fingerprint density at radius 2 is 1.74 bits per heavy atom. The molecule has 0 aliphatic heterocycles. The number of carbonyl (C=O) groups excluding carboxylic acids is 1. The van der Waals surface area contributed by atoms with Crippen molar-refractivity contribution in [2.45, 2.75) is 12.5 Å². The number of carbonyl (C=O) groups is 2. The van der Waals surface area contributed by atoms with Gasteiger partial charge in [0, 0.05) is 17.7 Å². The molecule has 104 valence electrons. The molecule has 8 heteroatoms. The van der Waals surface area contributed by atoms with Crippen LogP contribution in [0.2, 0.25) is 0 Å². The van der Waals surface area contributed by atoms with Crippen molar-refractivity contribution in [3.8, 4) is 0 Å². The minimum atomic E-state index is -1.57. The molecule has 0 heterocycles. The second kappa shape index (κ2) is 6.19. The summed E-state index contributed by atoms with van der Waals surface area (Å²) in [5, 5.41) is 19.1. The fourth-order valence-electron chi connectivity index (χ4n) is 1.33. The molecule has 1 atom stereocenters. The number of amides is 1. The fourth-order valence-corrected chi connectivity index (χ4v) is 1.33. The Hall–Kier alpha value is -2.09. The highest BCUT2D eigenvalue weighted by Crippen LogP contribution is 2.15. The number of hydrogen-bond donors (Lipinski definition) is 3.